The summed E-state index contributed by atoms with van der Waals surface area (Å²) in [5, 5.41) is 21.5. The van der Waals surface area contributed by atoms with Gasteiger partial charge in [-0.15, -0.1) is 0 Å². The molecule has 17 heavy (non-hydrogen) atoms. The molecule has 1 heterocycles. The highest BCUT2D eigenvalue weighted by Crippen LogP contribution is 2.33. The van der Waals surface area contributed by atoms with Gasteiger partial charge in [-0.25, -0.2) is 4.98 Å². The lowest BCUT2D eigenvalue weighted by Crippen LogP contribution is -2.23. The van der Waals surface area contributed by atoms with Gasteiger partial charge in [0.05, 0.1) is 28.8 Å². The zero-order valence-corrected chi connectivity index (χ0v) is 9.87. The quantitative estimate of drug-likeness (QED) is 0.498. The predicted octanol–water partition coefficient (Wildman–Crippen LogP) is 0.226. The summed E-state index contributed by atoms with van der Waals surface area (Å²) < 4.78 is 0.825. The number of anilines is 3. The largest absolute Gasteiger partial charge is 0.398 e. The Kier molecular flexibility index (Phi) is 3.32. The Morgan fingerprint density at radius 2 is 2.18 bits per heavy atom. The first kappa shape index (κ1) is 11.9. The fourth-order valence-corrected chi connectivity index (χ4v) is 2.26. The van der Waals surface area contributed by atoms with Gasteiger partial charge in [-0.05, 0) is 12.1 Å². The Labute approximate surface area is 102 Å². The normalized spacial score (nSPS) is 12.8. The number of fused-ring (bicyclic) bond motifs is 1. The molecule has 1 aromatic heterocycles. The topological polar surface area (TPSA) is 117 Å². The van der Waals surface area contributed by atoms with Crippen molar-refractivity contribution in [1.29, 1.82) is 0 Å². The molecule has 0 aliphatic carbocycles. The molecule has 1 unspecified atom stereocenters. The van der Waals surface area contributed by atoms with Gasteiger partial charge in [-0.2, -0.15) is 0 Å². The van der Waals surface area contributed by atoms with Crippen LogP contribution in [0.3, 0.4) is 0 Å². The molecule has 1 aromatic carbocycles. The van der Waals surface area contributed by atoms with Gasteiger partial charge >= 0.3 is 0 Å². The van der Waals surface area contributed by atoms with E-state index < -0.39 is 6.10 Å². The van der Waals surface area contributed by atoms with Gasteiger partial charge in [-0.1, -0.05) is 11.3 Å². The van der Waals surface area contributed by atoms with Crippen LogP contribution >= 0.6 is 11.3 Å². The van der Waals surface area contributed by atoms with E-state index in [0.717, 1.165) is 10.4 Å². The van der Waals surface area contributed by atoms with Crippen LogP contribution in [-0.2, 0) is 0 Å². The van der Waals surface area contributed by atoms with E-state index in [2.05, 4.69) is 10.3 Å². The van der Waals surface area contributed by atoms with Gasteiger partial charge in [0.2, 0.25) is 0 Å². The van der Waals surface area contributed by atoms with Crippen molar-refractivity contribution in [2.24, 2.45) is 0 Å². The number of benzene rings is 1. The second-order valence-electron chi connectivity index (χ2n) is 3.65. The van der Waals surface area contributed by atoms with Gasteiger partial charge in [0.1, 0.15) is 5.52 Å². The number of aromatic nitrogens is 1. The average molecular weight is 254 g/mol. The molecule has 2 aromatic rings. The molecule has 0 saturated heterocycles. The molecular weight excluding hydrogens is 240 g/mol. The average Bonchev–Trinajstić information content (AvgIpc) is 2.70. The third-order valence-corrected chi connectivity index (χ3v) is 3.26. The number of nitrogens with two attached hydrogens (primary N) is 2. The van der Waals surface area contributed by atoms with Crippen molar-refractivity contribution >= 4 is 38.1 Å². The number of aliphatic hydroxyl groups excluding tert-OH is 2. The first-order valence-corrected chi connectivity index (χ1v) is 5.90. The van der Waals surface area contributed by atoms with Crippen LogP contribution in [0.15, 0.2) is 12.1 Å². The number of nitrogen functional groups attached to an aromatic ring is 2. The molecule has 0 radical (unpaired) electrons. The summed E-state index contributed by atoms with van der Waals surface area (Å²) in [6.07, 6.45) is -0.807. The van der Waals surface area contributed by atoms with E-state index >= 15 is 0 Å². The smallest absolute Gasteiger partial charge is 0.181 e. The van der Waals surface area contributed by atoms with Crippen LogP contribution < -0.4 is 16.8 Å². The van der Waals surface area contributed by atoms with Crippen molar-refractivity contribution < 1.29 is 10.2 Å². The Morgan fingerprint density at radius 3 is 2.88 bits per heavy atom. The molecule has 7 heteroatoms. The highest BCUT2D eigenvalue weighted by Gasteiger charge is 2.10. The first-order chi connectivity index (χ1) is 8.11. The second kappa shape index (κ2) is 4.74. The maximum atomic E-state index is 9.27. The van der Waals surface area contributed by atoms with Crippen molar-refractivity contribution in [3.8, 4) is 0 Å². The van der Waals surface area contributed by atoms with Crippen molar-refractivity contribution in [2.45, 2.75) is 6.10 Å². The minimum absolute atomic E-state index is 0.243. The molecule has 92 valence electrons. The van der Waals surface area contributed by atoms with Crippen LogP contribution in [0.5, 0.6) is 0 Å². The van der Waals surface area contributed by atoms with Crippen molar-refractivity contribution in [2.75, 3.05) is 29.9 Å². The number of nitrogens with zero attached hydrogens (tertiary/aromatic N) is 1. The van der Waals surface area contributed by atoms with E-state index in [0.29, 0.717) is 16.3 Å². The number of aliphatic hydroxyl groups is 2. The lowest BCUT2D eigenvalue weighted by Gasteiger charge is -2.11. The molecule has 0 aliphatic rings. The van der Waals surface area contributed by atoms with Gasteiger partial charge in [0.25, 0.3) is 0 Å². The van der Waals surface area contributed by atoms with E-state index in [1.807, 2.05) is 0 Å². The van der Waals surface area contributed by atoms with Crippen molar-refractivity contribution in [3.63, 3.8) is 0 Å². The monoisotopic (exact) mass is 254 g/mol. The molecular formula is C10H14N4O2S. The summed E-state index contributed by atoms with van der Waals surface area (Å²) in [6.45, 7) is -0.0444. The van der Waals surface area contributed by atoms with E-state index in [4.69, 9.17) is 16.6 Å². The maximum Gasteiger partial charge on any atom is 0.181 e. The predicted molar refractivity (Wildman–Crippen MR) is 70.0 cm³/mol. The van der Waals surface area contributed by atoms with Crippen LogP contribution in [0, 0.1) is 0 Å². The van der Waals surface area contributed by atoms with Crippen molar-refractivity contribution in [1.82, 2.24) is 4.98 Å². The fourth-order valence-electron chi connectivity index (χ4n) is 1.48. The number of thiazole rings is 1. The Bertz CT molecular complexity index is 528. The summed E-state index contributed by atoms with van der Waals surface area (Å²) in [6, 6.07) is 3.54. The maximum absolute atomic E-state index is 9.27. The molecule has 2 rings (SSSR count). The third kappa shape index (κ3) is 2.41. The highest BCUT2D eigenvalue weighted by molar-refractivity contribution is 7.22. The molecule has 6 nitrogen and oxygen atoms in total. The van der Waals surface area contributed by atoms with Gasteiger partial charge in [0.15, 0.2) is 5.13 Å². The number of hydrogen-bond donors (Lipinski definition) is 5. The molecule has 1 atom stereocenters. The first-order valence-electron chi connectivity index (χ1n) is 5.09. The molecule has 0 amide bonds. The summed E-state index contributed by atoms with van der Waals surface area (Å²) in [7, 11) is 0. The number of rotatable bonds is 4. The molecule has 0 aliphatic heterocycles. The van der Waals surface area contributed by atoms with Crippen molar-refractivity contribution in [3.05, 3.63) is 12.1 Å². The van der Waals surface area contributed by atoms with E-state index in [1.54, 1.807) is 12.1 Å². The number of hydrogen-bond acceptors (Lipinski definition) is 7. The van der Waals surface area contributed by atoms with Gasteiger partial charge in [-0.3, -0.25) is 0 Å². The zero-order chi connectivity index (χ0) is 12.4. The summed E-state index contributed by atoms with van der Waals surface area (Å²) in [4.78, 5) is 4.19. The van der Waals surface area contributed by atoms with Crippen LogP contribution in [0.2, 0.25) is 0 Å². The van der Waals surface area contributed by atoms with Gasteiger partial charge < -0.3 is 27.0 Å². The summed E-state index contributed by atoms with van der Waals surface area (Å²) in [5.41, 5.74) is 13.5. The summed E-state index contributed by atoms with van der Waals surface area (Å²) >= 11 is 1.32. The lowest BCUT2D eigenvalue weighted by molar-refractivity contribution is 0.105. The third-order valence-electron chi connectivity index (χ3n) is 2.33. The SMILES string of the molecule is Nc1nc2c(NCC(O)CO)ccc(N)c2s1. The summed E-state index contributed by atoms with van der Waals surface area (Å²) in [5.74, 6) is 0. The highest BCUT2D eigenvalue weighted by atomic mass is 32.1. The van der Waals surface area contributed by atoms with Crippen LogP contribution in [0.4, 0.5) is 16.5 Å². The lowest BCUT2D eigenvalue weighted by atomic mass is 10.2. The molecule has 0 bridgehead atoms. The second-order valence-corrected chi connectivity index (χ2v) is 4.68. The van der Waals surface area contributed by atoms with Crippen LogP contribution in [-0.4, -0.2) is 34.5 Å². The standard InChI is InChI=1S/C10H14N4O2S/c11-6-1-2-7(13-3-5(16)4-15)8-9(6)17-10(12)14-8/h1-2,5,13,15-16H,3-4,11H2,(H2,12,14). The minimum atomic E-state index is -0.807. The van der Waals surface area contributed by atoms with E-state index in [-0.39, 0.29) is 13.2 Å². The van der Waals surface area contributed by atoms with Crippen LogP contribution in [0.25, 0.3) is 10.2 Å². The Balaban J connectivity index is 2.31. The molecule has 0 spiro atoms. The molecule has 7 N–H and O–H groups in total. The molecule has 0 saturated carbocycles. The van der Waals surface area contributed by atoms with E-state index in [1.165, 1.54) is 11.3 Å². The van der Waals surface area contributed by atoms with E-state index in [9.17, 15) is 5.11 Å². The van der Waals surface area contributed by atoms with Crippen LogP contribution in [0.1, 0.15) is 0 Å². The Hall–Kier alpha value is -1.57. The number of nitrogens with one attached hydrogen (secondary N) is 1. The zero-order valence-electron chi connectivity index (χ0n) is 9.05. The Morgan fingerprint density at radius 1 is 1.41 bits per heavy atom. The van der Waals surface area contributed by atoms with Gasteiger partial charge in [0, 0.05) is 6.54 Å². The minimum Gasteiger partial charge on any atom is -0.398 e. The fraction of sp³-hybridized carbons (Fsp3) is 0.300. The molecule has 0 fully saturated rings.